The molecule has 2 rings (SSSR count). The van der Waals surface area contributed by atoms with E-state index >= 15 is 0 Å². The molecule has 0 amide bonds. The fraction of sp³-hybridized carbons (Fsp3) is 0. The Labute approximate surface area is 91.0 Å². The number of fused-ring (bicyclic) bond motifs is 1. The van der Waals surface area contributed by atoms with Gasteiger partial charge in [-0.05, 0) is 30.3 Å². The molecule has 0 aliphatic heterocycles. The lowest BCUT2D eigenvalue weighted by molar-refractivity contribution is 1.73. The molecule has 0 atom stereocenters. The molecule has 0 aliphatic carbocycles. The number of benzene rings is 2. The van der Waals surface area contributed by atoms with Crippen molar-refractivity contribution in [3.8, 4) is 0 Å². The van der Waals surface area contributed by atoms with Crippen molar-refractivity contribution in [2.75, 3.05) is 0 Å². The molecular weight excluding hydrogens is 226 g/mol. The smallest absolute Gasteiger partial charge is 0.0506 e. The van der Waals surface area contributed by atoms with Crippen LogP contribution in [-0.4, -0.2) is 0 Å². The average Bonchev–Trinajstić information content (AvgIpc) is 2.12. The summed E-state index contributed by atoms with van der Waals surface area (Å²) in [4.78, 5) is 0. The van der Waals surface area contributed by atoms with E-state index in [1.807, 2.05) is 0 Å². The Bertz CT molecular complexity index is 455. The van der Waals surface area contributed by atoms with Gasteiger partial charge in [0.1, 0.15) is 0 Å². The maximum Gasteiger partial charge on any atom is 0.0506 e. The van der Waals surface area contributed by atoms with Crippen molar-refractivity contribution >= 4 is 45.6 Å². The van der Waals surface area contributed by atoms with Gasteiger partial charge < -0.3 is 0 Å². The normalized spacial score (nSPS) is 10.7. The zero-order valence-corrected chi connectivity index (χ0v) is 8.71. The molecule has 2 aromatic rings. The van der Waals surface area contributed by atoms with Crippen molar-refractivity contribution in [1.29, 1.82) is 0 Å². The van der Waals surface area contributed by atoms with Gasteiger partial charge in [-0.25, -0.2) is 0 Å². The first-order valence-corrected chi connectivity index (χ1v) is 4.77. The summed E-state index contributed by atoms with van der Waals surface area (Å²) in [5, 5.41) is 3.44. The third-order valence-corrected chi connectivity index (χ3v) is 2.76. The molecule has 65 valence electrons. The number of halogens is 3. The van der Waals surface area contributed by atoms with E-state index in [1.165, 1.54) is 0 Å². The largest absolute Gasteiger partial charge is 0.0837 e. The molecule has 0 spiro atoms. The molecule has 13 heavy (non-hydrogen) atoms. The van der Waals surface area contributed by atoms with Gasteiger partial charge in [-0.3, -0.25) is 0 Å². The zero-order chi connectivity index (χ0) is 9.42. The summed E-state index contributed by atoms with van der Waals surface area (Å²) in [5.74, 6) is 0. The van der Waals surface area contributed by atoms with Gasteiger partial charge in [0.05, 0.1) is 5.02 Å². The Morgan fingerprint density at radius 2 is 1.54 bits per heavy atom. The van der Waals surface area contributed by atoms with Crippen LogP contribution in [0, 0.1) is 6.07 Å². The third-order valence-electron chi connectivity index (χ3n) is 1.82. The third kappa shape index (κ3) is 1.50. The predicted octanol–water partition coefficient (Wildman–Crippen LogP) is 4.60. The van der Waals surface area contributed by atoms with E-state index in [1.54, 1.807) is 24.3 Å². The fourth-order valence-corrected chi connectivity index (χ4v) is 2.02. The highest BCUT2D eigenvalue weighted by atomic mass is 35.5. The summed E-state index contributed by atoms with van der Waals surface area (Å²) in [7, 11) is 0. The molecule has 1 radical (unpaired) electrons. The van der Waals surface area contributed by atoms with Crippen LogP contribution in [0.5, 0.6) is 0 Å². The lowest BCUT2D eigenvalue weighted by Crippen LogP contribution is -1.77. The Morgan fingerprint density at radius 3 is 2.23 bits per heavy atom. The van der Waals surface area contributed by atoms with Gasteiger partial charge >= 0.3 is 0 Å². The van der Waals surface area contributed by atoms with Crippen molar-refractivity contribution in [2.24, 2.45) is 0 Å². The van der Waals surface area contributed by atoms with E-state index in [0.29, 0.717) is 15.1 Å². The summed E-state index contributed by atoms with van der Waals surface area (Å²) < 4.78 is 0. The van der Waals surface area contributed by atoms with Crippen molar-refractivity contribution in [2.45, 2.75) is 0 Å². The highest BCUT2D eigenvalue weighted by Crippen LogP contribution is 2.34. The SMILES string of the molecule is Clc1ccc(Cl)c2c(Cl)c[c]cc12. The van der Waals surface area contributed by atoms with Gasteiger partial charge in [-0.15, -0.1) is 0 Å². The molecule has 3 heteroatoms. The molecule has 0 fully saturated rings. The van der Waals surface area contributed by atoms with Crippen LogP contribution in [0.2, 0.25) is 15.1 Å². The maximum atomic E-state index is 5.98. The van der Waals surface area contributed by atoms with Gasteiger partial charge in [0.2, 0.25) is 0 Å². The Morgan fingerprint density at radius 1 is 0.846 bits per heavy atom. The van der Waals surface area contributed by atoms with Gasteiger partial charge in [-0.1, -0.05) is 34.8 Å². The Balaban J connectivity index is 3.00. The highest BCUT2D eigenvalue weighted by molar-refractivity contribution is 6.45. The molecule has 0 aromatic heterocycles. The van der Waals surface area contributed by atoms with E-state index in [2.05, 4.69) is 6.07 Å². The molecule has 0 saturated heterocycles. The second-order valence-corrected chi connectivity index (χ2v) is 3.84. The fourth-order valence-electron chi connectivity index (χ4n) is 1.22. The van der Waals surface area contributed by atoms with E-state index in [9.17, 15) is 0 Å². The summed E-state index contributed by atoms with van der Waals surface area (Å²) in [5.41, 5.74) is 0. The Hall–Kier alpha value is -0.430. The van der Waals surface area contributed by atoms with Gasteiger partial charge in [0.15, 0.2) is 0 Å². The van der Waals surface area contributed by atoms with Crippen LogP contribution in [0.15, 0.2) is 24.3 Å². The molecule has 0 unspecified atom stereocenters. The summed E-state index contributed by atoms with van der Waals surface area (Å²) in [6, 6.07) is 9.82. The van der Waals surface area contributed by atoms with Crippen molar-refractivity contribution in [1.82, 2.24) is 0 Å². The first kappa shape index (κ1) is 9.14. The average molecular weight is 231 g/mol. The number of rotatable bonds is 0. The van der Waals surface area contributed by atoms with Crippen LogP contribution >= 0.6 is 34.8 Å². The molecule has 0 heterocycles. The van der Waals surface area contributed by atoms with Crippen LogP contribution in [0.1, 0.15) is 0 Å². The van der Waals surface area contributed by atoms with Crippen molar-refractivity contribution in [3.05, 3.63) is 45.4 Å². The minimum absolute atomic E-state index is 0.574. The Kier molecular flexibility index (Phi) is 2.37. The van der Waals surface area contributed by atoms with Gasteiger partial charge in [-0.2, -0.15) is 0 Å². The maximum absolute atomic E-state index is 5.98. The van der Waals surface area contributed by atoms with Crippen LogP contribution in [0.25, 0.3) is 10.8 Å². The first-order chi connectivity index (χ1) is 6.20. The topological polar surface area (TPSA) is 0 Å². The molecule has 0 saturated carbocycles. The lowest BCUT2D eigenvalue weighted by Gasteiger charge is -2.03. The summed E-state index contributed by atoms with van der Waals surface area (Å²) in [6.07, 6.45) is 0. The zero-order valence-electron chi connectivity index (χ0n) is 6.44. The van der Waals surface area contributed by atoms with Gasteiger partial charge in [0.25, 0.3) is 0 Å². The van der Waals surface area contributed by atoms with E-state index in [4.69, 9.17) is 34.8 Å². The standard InChI is InChI=1S/C10H4Cl3/c11-7-4-5-9(13)10-6(7)2-1-3-8(10)12/h2-5H. The molecule has 0 nitrogen and oxygen atoms in total. The molecule has 2 aromatic carbocycles. The minimum atomic E-state index is 0.574. The van der Waals surface area contributed by atoms with E-state index in [-0.39, 0.29) is 0 Å². The quantitative estimate of drug-likeness (QED) is 0.620. The second kappa shape index (κ2) is 3.38. The number of hydrogen-bond donors (Lipinski definition) is 0. The molecule has 0 aliphatic rings. The summed E-state index contributed by atoms with van der Waals surface area (Å²) in [6.45, 7) is 0. The van der Waals surface area contributed by atoms with E-state index in [0.717, 1.165) is 10.8 Å². The van der Waals surface area contributed by atoms with E-state index < -0.39 is 0 Å². The number of hydrogen-bond acceptors (Lipinski definition) is 0. The minimum Gasteiger partial charge on any atom is -0.0837 e. The first-order valence-electron chi connectivity index (χ1n) is 3.63. The van der Waals surface area contributed by atoms with Crippen LogP contribution in [0.3, 0.4) is 0 Å². The lowest BCUT2D eigenvalue weighted by atomic mass is 10.1. The molecule has 0 bridgehead atoms. The molecular formula is C10H4Cl3. The monoisotopic (exact) mass is 229 g/mol. The molecule has 0 N–H and O–H groups in total. The van der Waals surface area contributed by atoms with Crippen molar-refractivity contribution in [3.63, 3.8) is 0 Å². The van der Waals surface area contributed by atoms with Crippen LogP contribution in [-0.2, 0) is 0 Å². The predicted molar refractivity (Wildman–Crippen MR) is 57.8 cm³/mol. The second-order valence-electron chi connectivity index (χ2n) is 2.62. The van der Waals surface area contributed by atoms with Crippen LogP contribution in [0.4, 0.5) is 0 Å². The van der Waals surface area contributed by atoms with Gasteiger partial charge in [0, 0.05) is 20.8 Å². The van der Waals surface area contributed by atoms with Crippen molar-refractivity contribution < 1.29 is 0 Å². The highest BCUT2D eigenvalue weighted by Gasteiger charge is 2.05. The van der Waals surface area contributed by atoms with Crippen LogP contribution < -0.4 is 0 Å². The summed E-state index contributed by atoms with van der Waals surface area (Å²) >= 11 is 17.9.